The Morgan fingerprint density at radius 3 is 2.31 bits per heavy atom. The summed E-state index contributed by atoms with van der Waals surface area (Å²) < 4.78 is 0. The first-order valence-corrected chi connectivity index (χ1v) is 3.43. The molecule has 3 N–H and O–H groups in total. The van der Waals surface area contributed by atoms with E-state index < -0.39 is 11.9 Å². The first-order chi connectivity index (χ1) is 6.04. The number of hydrogen-bond donors (Lipinski definition) is 2. The van der Waals surface area contributed by atoms with Gasteiger partial charge in [-0.15, -0.1) is 0 Å². The van der Waals surface area contributed by atoms with Gasteiger partial charge < -0.3 is 10.8 Å². The number of aliphatic carboxylic acids is 1. The lowest BCUT2D eigenvalue weighted by molar-refractivity contribution is -0.134. The van der Waals surface area contributed by atoms with E-state index in [0.29, 0.717) is 5.56 Å². The number of nitrogens with zero attached hydrogens (tertiary/aromatic N) is 1. The van der Waals surface area contributed by atoms with Crippen molar-refractivity contribution in [1.29, 1.82) is 0 Å². The van der Waals surface area contributed by atoms with Crippen LogP contribution in [-0.2, 0) is 4.79 Å². The number of carboxylic acids is 1. The third-order valence-electron chi connectivity index (χ3n) is 0.946. The number of carbonyl (C=O) groups excluding carboxylic acids is 1. The van der Waals surface area contributed by atoms with Gasteiger partial charge in [-0.05, 0) is 12.1 Å². The van der Waals surface area contributed by atoms with Crippen LogP contribution in [0.1, 0.15) is 17.3 Å². The Kier molecular flexibility index (Phi) is 4.87. The molecule has 0 aliphatic rings. The molecule has 1 aromatic rings. The molecule has 0 aromatic carbocycles. The minimum Gasteiger partial charge on any atom is -0.481 e. The van der Waals surface area contributed by atoms with Crippen molar-refractivity contribution in [1.82, 2.24) is 4.98 Å². The summed E-state index contributed by atoms with van der Waals surface area (Å²) >= 11 is 0. The number of nitrogens with two attached hydrogens (primary N) is 1. The van der Waals surface area contributed by atoms with Crippen LogP contribution in [0.25, 0.3) is 0 Å². The average Bonchev–Trinajstić information content (AvgIpc) is 2.05. The first-order valence-electron chi connectivity index (χ1n) is 3.43. The normalized spacial score (nSPS) is 8.08. The molecule has 1 amide bonds. The fraction of sp³-hybridized carbons (Fsp3) is 0.125. The zero-order valence-electron chi connectivity index (χ0n) is 7.10. The van der Waals surface area contributed by atoms with Gasteiger partial charge in [0.15, 0.2) is 0 Å². The van der Waals surface area contributed by atoms with Crippen LogP contribution in [0, 0.1) is 0 Å². The largest absolute Gasteiger partial charge is 0.481 e. The number of carboxylic acid groups (broad SMARTS) is 1. The van der Waals surface area contributed by atoms with Gasteiger partial charge in [0.05, 0.1) is 5.56 Å². The van der Waals surface area contributed by atoms with Crippen molar-refractivity contribution in [3.63, 3.8) is 0 Å². The maximum absolute atomic E-state index is 10.4. The van der Waals surface area contributed by atoms with Gasteiger partial charge in [-0.1, -0.05) is 0 Å². The van der Waals surface area contributed by atoms with Crippen LogP contribution in [0.2, 0.25) is 0 Å². The van der Waals surface area contributed by atoms with E-state index in [-0.39, 0.29) is 0 Å². The van der Waals surface area contributed by atoms with Gasteiger partial charge in [-0.3, -0.25) is 14.6 Å². The lowest BCUT2D eigenvalue weighted by atomic mass is 10.3. The highest BCUT2D eigenvalue weighted by molar-refractivity contribution is 5.92. The van der Waals surface area contributed by atoms with Crippen LogP contribution in [0.5, 0.6) is 0 Å². The third-order valence-corrected chi connectivity index (χ3v) is 0.946. The lowest BCUT2D eigenvalue weighted by Crippen LogP contribution is -2.10. The van der Waals surface area contributed by atoms with Crippen LogP contribution in [0.4, 0.5) is 0 Å². The van der Waals surface area contributed by atoms with Gasteiger partial charge in [-0.2, -0.15) is 0 Å². The topological polar surface area (TPSA) is 93.3 Å². The predicted molar refractivity (Wildman–Crippen MR) is 46.1 cm³/mol. The molecule has 0 unspecified atom stereocenters. The maximum Gasteiger partial charge on any atom is 0.300 e. The van der Waals surface area contributed by atoms with Gasteiger partial charge in [0.25, 0.3) is 5.97 Å². The molecule has 5 nitrogen and oxygen atoms in total. The molecule has 1 rings (SSSR count). The summed E-state index contributed by atoms with van der Waals surface area (Å²) in [4.78, 5) is 23.1. The molecule has 5 heteroatoms. The van der Waals surface area contributed by atoms with Crippen LogP contribution < -0.4 is 5.73 Å². The minimum atomic E-state index is -0.833. The summed E-state index contributed by atoms with van der Waals surface area (Å²) in [6.45, 7) is 1.08. The molecule has 0 aliphatic carbocycles. The van der Waals surface area contributed by atoms with Crippen molar-refractivity contribution in [2.24, 2.45) is 5.73 Å². The van der Waals surface area contributed by atoms with Crippen molar-refractivity contribution in [2.75, 3.05) is 0 Å². The number of pyridine rings is 1. The van der Waals surface area contributed by atoms with Gasteiger partial charge in [0, 0.05) is 19.3 Å². The summed E-state index contributed by atoms with van der Waals surface area (Å²) in [5.74, 6) is -1.27. The molecule has 0 bridgehead atoms. The zero-order valence-corrected chi connectivity index (χ0v) is 7.10. The fourth-order valence-corrected chi connectivity index (χ4v) is 0.509. The molecule has 0 radical (unpaired) electrons. The highest BCUT2D eigenvalue weighted by atomic mass is 16.4. The molecule has 0 atom stereocenters. The molecular weight excluding hydrogens is 172 g/mol. The van der Waals surface area contributed by atoms with Crippen molar-refractivity contribution >= 4 is 11.9 Å². The van der Waals surface area contributed by atoms with Gasteiger partial charge in [-0.25, -0.2) is 0 Å². The molecule has 70 valence electrons. The molecular formula is C8H10N2O3. The lowest BCUT2D eigenvalue weighted by Gasteiger charge is -1.88. The smallest absolute Gasteiger partial charge is 0.300 e. The minimum absolute atomic E-state index is 0.442. The number of carbonyl (C=O) groups is 2. The molecule has 0 saturated carbocycles. The summed E-state index contributed by atoms with van der Waals surface area (Å²) in [6.07, 6.45) is 3.02. The van der Waals surface area contributed by atoms with E-state index in [1.165, 1.54) is 6.20 Å². The number of amides is 1. The molecule has 0 fully saturated rings. The second-order valence-corrected chi connectivity index (χ2v) is 2.12. The van der Waals surface area contributed by atoms with Gasteiger partial charge in [0.1, 0.15) is 0 Å². The first kappa shape index (κ1) is 11.1. The molecule has 0 saturated heterocycles. The van der Waals surface area contributed by atoms with E-state index in [4.69, 9.17) is 15.6 Å². The second-order valence-electron chi connectivity index (χ2n) is 2.12. The Morgan fingerprint density at radius 1 is 1.54 bits per heavy atom. The van der Waals surface area contributed by atoms with E-state index >= 15 is 0 Å². The monoisotopic (exact) mass is 182 g/mol. The number of rotatable bonds is 1. The Balaban J connectivity index is 0.000000310. The Labute approximate surface area is 75.2 Å². The van der Waals surface area contributed by atoms with E-state index in [1.54, 1.807) is 18.3 Å². The predicted octanol–water partition coefficient (Wildman–Crippen LogP) is 0.271. The SMILES string of the molecule is CC(=O)O.NC(=O)c1cccnc1. The van der Waals surface area contributed by atoms with Gasteiger partial charge >= 0.3 is 0 Å². The van der Waals surface area contributed by atoms with Crippen molar-refractivity contribution in [3.05, 3.63) is 30.1 Å². The van der Waals surface area contributed by atoms with Crippen molar-refractivity contribution < 1.29 is 14.7 Å². The van der Waals surface area contributed by atoms with Crippen LogP contribution in [0.3, 0.4) is 0 Å². The van der Waals surface area contributed by atoms with Crippen molar-refractivity contribution in [2.45, 2.75) is 6.92 Å². The number of aromatic nitrogens is 1. The van der Waals surface area contributed by atoms with Crippen LogP contribution in [-0.4, -0.2) is 22.0 Å². The maximum atomic E-state index is 10.4. The average molecular weight is 182 g/mol. The summed E-state index contributed by atoms with van der Waals surface area (Å²) in [7, 11) is 0. The Bertz CT molecular complexity index is 281. The zero-order chi connectivity index (χ0) is 10.3. The van der Waals surface area contributed by atoms with E-state index in [0.717, 1.165) is 6.92 Å². The molecule has 0 spiro atoms. The van der Waals surface area contributed by atoms with E-state index in [1.807, 2.05) is 0 Å². The third kappa shape index (κ3) is 6.49. The van der Waals surface area contributed by atoms with Crippen molar-refractivity contribution in [3.8, 4) is 0 Å². The van der Waals surface area contributed by atoms with Crippen LogP contribution >= 0.6 is 0 Å². The summed E-state index contributed by atoms with van der Waals surface area (Å²) in [6, 6.07) is 3.29. The fourth-order valence-electron chi connectivity index (χ4n) is 0.509. The highest BCUT2D eigenvalue weighted by Crippen LogP contribution is 1.91. The summed E-state index contributed by atoms with van der Waals surface area (Å²) in [5.41, 5.74) is 5.38. The molecule has 1 heterocycles. The molecule has 0 aliphatic heterocycles. The standard InChI is InChI=1S/C6H6N2O.C2H4O2/c7-6(9)5-2-1-3-8-4-5;1-2(3)4/h1-4H,(H2,7,9);1H3,(H,3,4). The van der Waals surface area contributed by atoms with Crippen LogP contribution in [0.15, 0.2) is 24.5 Å². The highest BCUT2D eigenvalue weighted by Gasteiger charge is 1.94. The second kappa shape index (κ2) is 5.70. The van der Waals surface area contributed by atoms with E-state index in [2.05, 4.69) is 4.98 Å². The molecule has 1 aromatic heterocycles. The molecule has 13 heavy (non-hydrogen) atoms. The number of primary amides is 1. The van der Waals surface area contributed by atoms with E-state index in [9.17, 15) is 4.79 Å². The Hall–Kier alpha value is -1.91. The quantitative estimate of drug-likeness (QED) is 0.651. The number of hydrogen-bond acceptors (Lipinski definition) is 3. The summed E-state index contributed by atoms with van der Waals surface area (Å²) in [5, 5.41) is 7.42. The Morgan fingerprint density at radius 2 is 2.08 bits per heavy atom. The van der Waals surface area contributed by atoms with Gasteiger partial charge in [0.2, 0.25) is 5.91 Å².